The Labute approximate surface area is 182 Å². The van der Waals surface area contributed by atoms with Crippen molar-refractivity contribution in [2.45, 2.75) is 32.7 Å². The second-order valence-corrected chi connectivity index (χ2v) is 8.87. The number of carbonyl (C=O) groups excluding carboxylic acids is 2. The van der Waals surface area contributed by atoms with E-state index >= 15 is 0 Å². The normalized spacial score (nSPS) is 15.2. The summed E-state index contributed by atoms with van der Waals surface area (Å²) in [6.45, 7) is 7.53. The lowest BCUT2D eigenvalue weighted by Gasteiger charge is -2.34. The van der Waals surface area contributed by atoms with Crippen LogP contribution in [0.4, 0.5) is 5.69 Å². The van der Waals surface area contributed by atoms with Gasteiger partial charge in [-0.15, -0.1) is 11.3 Å². The molecule has 1 aliphatic rings. The van der Waals surface area contributed by atoms with Crippen molar-refractivity contribution in [2.24, 2.45) is 5.92 Å². The number of nitrogens with one attached hydrogen (secondary N) is 2. The molecule has 7 heteroatoms. The van der Waals surface area contributed by atoms with Gasteiger partial charge < -0.3 is 20.3 Å². The van der Waals surface area contributed by atoms with Crippen LogP contribution in [0.2, 0.25) is 0 Å². The van der Waals surface area contributed by atoms with Gasteiger partial charge in [-0.1, -0.05) is 0 Å². The van der Waals surface area contributed by atoms with Crippen LogP contribution in [-0.2, 0) is 4.79 Å². The fourth-order valence-electron chi connectivity index (χ4n) is 3.67. The van der Waals surface area contributed by atoms with Gasteiger partial charge in [0.1, 0.15) is 5.75 Å². The Morgan fingerprint density at radius 3 is 2.50 bits per heavy atom. The minimum Gasteiger partial charge on any atom is -0.497 e. The Balaban J connectivity index is 1.47. The van der Waals surface area contributed by atoms with Crippen molar-refractivity contribution in [1.29, 1.82) is 0 Å². The lowest BCUT2D eigenvalue weighted by molar-refractivity contribution is -0.119. The predicted octanol–water partition coefficient (Wildman–Crippen LogP) is 3.64. The summed E-state index contributed by atoms with van der Waals surface area (Å²) in [5.41, 5.74) is 1.29. The van der Waals surface area contributed by atoms with Gasteiger partial charge in [0.05, 0.1) is 24.2 Å². The molecule has 0 bridgehead atoms. The predicted molar refractivity (Wildman–Crippen MR) is 122 cm³/mol. The molecule has 3 rings (SSSR count). The summed E-state index contributed by atoms with van der Waals surface area (Å²) in [6, 6.07) is 9.48. The molecule has 30 heavy (non-hydrogen) atoms. The Kier molecular flexibility index (Phi) is 7.87. The smallest absolute Gasteiger partial charge is 0.239 e. The van der Waals surface area contributed by atoms with E-state index in [1.165, 1.54) is 11.3 Å². The van der Waals surface area contributed by atoms with Crippen molar-refractivity contribution >= 4 is 28.7 Å². The molecule has 1 saturated heterocycles. The van der Waals surface area contributed by atoms with Crippen molar-refractivity contribution in [3.05, 3.63) is 46.2 Å². The number of nitrogens with zero attached hydrogens (tertiary/aromatic N) is 1. The van der Waals surface area contributed by atoms with Crippen molar-refractivity contribution in [3.8, 4) is 5.75 Å². The molecule has 162 valence electrons. The van der Waals surface area contributed by atoms with E-state index in [0.717, 1.165) is 25.9 Å². The molecule has 0 saturated carbocycles. The van der Waals surface area contributed by atoms with Gasteiger partial charge in [-0.3, -0.25) is 9.59 Å². The van der Waals surface area contributed by atoms with E-state index in [9.17, 15) is 9.59 Å². The highest BCUT2D eigenvalue weighted by Gasteiger charge is 2.21. The van der Waals surface area contributed by atoms with Crippen molar-refractivity contribution in [1.82, 2.24) is 10.2 Å². The number of benzene rings is 1. The van der Waals surface area contributed by atoms with Crippen LogP contribution in [0.25, 0.3) is 0 Å². The molecular formula is C23H31N3O3S. The highest BCUT2D eigenvalue weighted by Crippen LogP contribution is 2.26. The SMILES string of the molecule is COc1ccc(C(=O)c2sccc2NCC(=O)NCC2CCN(C(C)C)CC2)cc1. The van der Waals surface area contributed by atoms with Gasteiger partial charge in [0.15, 0.2) is 0 Å². The lowest BCUT2D eigenvalue weighted by Crippen LogP contribution is -2.42. The fraction of sp³-hybridized carbons (Fsp3) is 0.478. The van der Waals surface area contributed by atoms with Crippen LogP contribution in [0, 0.1) is 5.92 Å². The number of rotatable bonds is 9. The Morgan fingerprint density at radius 1 is 1.17 bits per heavy atom. The van der Waals surface area contributed by atoms with E-state index in [1.807, 2.05) is 11.4 Å². The van der Waals surface area contributed by atoms with E-state index in [2.05, 4.69) is 29.4 Å². The van der Waals surface area contributed by atoms with Crippen molar-refractivity contribution < 1.29 is 14.3 Å². The molecule has 2 aromatic rings. The summed E-state index contributed by atoms with van der Waals surface area (Å²) in [6.07, 6.45) is 2.24. The minimum atomic E-state index is -0.0625. The molecule has 0 spiro atoms. The maximum Gasteiger partial charge on any atom is 0.239 e. The van der Waals surface area contributed by atoms with Crippen molar-refractivity contribution in [2.75, 3.05) is 38.6 Å². The number of hydrogen-bond donors (Lipinski definition) is 2. The Bertz CT molecular complexity index is 840. The van der Waals surface area contributed by atoms with Crippen LogP contribution in [-0.4, -0.2) is 55.9 Å². The fourth-order valence-corrected chi connectivity index (χ4v) is 4.50. The van der Waals surface area contributed by atoms with Gasteiger partial charge in [0.2, 0.25) is 11.7 Å². The van der Waals surface area contributed by atoms with Gasteiger partial charge in [0.25, 0.3) is 0 Å². The molecule has 0 aliphatic carbocycles. The van der Waals surface area contributed by atoms with Crippen LogP contribution >= 0.6 is 11.3 Å². The number of piperidine rings is 1. The quantitative estimate of drug-likeness (QED) is 0.596. The van der Waals surface area contributed by atoms with E-state index < -0.39 is 0 Å². The molecule has 0 unspecified atom stereocenters. The summed E-state index contributed by atoms with van der Waals surface area (Å²) in [7, 11) is 1.59. The van der Waals surface area contributed by atoms with E-state index in [4.69, 9.17) is 4.74 Å². The maximum atomic E-state index is 12.8. The number of methoxy groups -OCH3 is 1. The first kappa shape index (κ1) is 22.3. The summed E-state index contributed by atoms with van der Waals surface area (Å²) < 4.78 is 5.14. The topological polar surface area (TPSA) is 70.7 Å². The second-order valence-electron chi connectivity index (χ2n) is 7.95. The first-order valence-electron chi connectivity index (χ1n) is 10.5. The maximum absolute atomic E-state index is 12.8. The number of ether oxygens (including phenoxy) is 1. The van der Waals surface area contributed by atoms with Gasteiger partial charge in [-0.2, -0.15) is 0 Å². The highest BCUT2D eigenvalue weighted by atomic mass is 32.1. The van der Waals surface area contributed by atoms with Crippen LogP contribution < -0.4 is 15.4 Å². The summed E-state index contributed by atoms with van der Waals surface area (Å²) in [5, 5.41) is 8.02. The monoisotopic (exact) mass is 429 g/mol. The van der Waals surface area contributed by atoms with Crippen LogP contribution in [0.5, 0.6) is 5.75 Å². The van der Waals surface area contributed by atoms with Crippen LogP contribution in [0.3, 0.4) is 0 Å². The van der Waals surface area contributed by atoms with E-state index in [-0.39, 0.29) is 18.2 Å². The first-order chi connectivity index (χ1) is 14.5. The van der Waals surface area contributed by atoms with Gasteiger partial charge >= 0.3 is 0 Å². The summed E-state index contributed by atoms with van der Waals surface area (Å²) in [5.74, 6) is 1.14. The van der Waals surface area contributed by atoms with Gasteiger partial charge in [-0.05, 0) is 81.4 Å². The molecule has 0 radical (unpaired) electrons. The zero-order valence-corrected chi connectivity index (χ0v) is 18.8. The molecule has 0 atom stereocenters. The number of likely N-dealkylation sites (tertiary alicyclic amines) is 1. The molecule has 6 nitrogen and oxygen atoms in total. The summed E-state index contributed by atoms with van der Waals surface area (Å²) >= 11 is 1.37. The average Bonchev–Trinajstić information content (AvgIpc) is 3.24. The molecule has 1 aromatic carbocycles. The number of carbonyl (C=O) groups is 2. The molecule has 1 aromatic heterocycles. The number of hydrogen-bond acceptors (Lipinski definition) is 6. The molecule has 2 heterocycles. The zero-order valence-electron chi connectivity index (χ0n) is 17.9. The standard InChI is InChI=1S/C23H31N3O3S/c1-16(2)26-11-8-17(9-12-26)14-25-21(27)15-24-20-10-13-30-23(20)22(28)18-4-6-19(29-3)7-5-18/h4-7,10,13,16-17,24H,8-9,11-12,14-15H2,1-3H3,(H,25,27). The third kappa shape index (κ3) is 5.83. The molecule has 2 N–H and O–H groups in total. The number of ketones is 1. The zero-order chi connectivity index (χ0) is 21.5. The number of anilines is 1. The molecule has 1 fully saturated rings. The van der Waals surface area contributed by atoms with Crippen molar-refractivity contribution in [3.63, 3.8) is 0 Å². The van der Waals surface area contributed by atoms with Gasteiger partial charge in [0, 0.05) is 18.2 Å². The lowest BCUT2D eigenvalue weighted by atomic mass is 9.96. The average molecular weight is 430 g/mol. The van der Waals surface area contributed by atoms with E-state index in [0.29, 0.717) is 40.4 Å². The Hall–Kier alpha value is -2.38. The number of thiophene rings is 1. The first-order valence-corrected chi connectivity index (χ1v) is 11.4. The highest BCUT2D eigenvalue weighted by molar-refractivity contribution is 7.13. The molecular weight excluding hydrogens is 398 g/mol. The van der Waals surface area contributed by atoms with Crippen LogP contribution in [0.1, 0.15) is 41.9 Å². The summed E-state index contributed by atoms with van der Waals surface area (Å²) in [4.78, 5) is 28.2. The molecule has 1 amide bonds. The molecule has 1 aliphatic heterocycles. The largest absolute Gasteiger partial charge is 0.497 e. The Morgan fingerprint density at radius 2 is 1.87 bits per heavy atom. The number of amides is 1. The third-order valence-corrected chi connectivity index (χ3v) is 6.54. The second kappa shape index (κ2) is 10.6. The van der Waals surface area contributed by atoms with Crippen LogP contribution in [0.15, 0.2) is 35.7 Å². The van der Waals surface area contributed by atoms with E-state index in [1.54, 1.807) is 31.4 Å². The third-order valence-electron chi connectivity index (χ3n) is 5.63. The van der Waals surface area contributed by atoms with Gasteiger partial charge in [-0.25, -0.2) is 0 Å². The minimum absolute atomic E-state index is 0.0460.